The Morgan fingerprint density at radius 1 is 1.50 bits per heavy atom. The monoisotopic (exact) mass is 166 g/mol. The molecule has 1 heterocycles. The zero-order chi connectivity index (χ0) is 8.81. The van der Waals surface area contributed by atoms with Crippen molar-refractivity contribution < 1.29 is 4.74 Å². The molecule has 1 aromatic rings. The molecular weight excluding hydrogens is 152 g/mol. The lowest BCUT2D eigenvalue weighted by Gasteiger charge is -2.07. The number of aromatic nitrogens is 2. The lowest BCUT2D eigenvalue weighted by Crippen LogP contribution is -2.08. The molecule has 0 bridgehead atoms. The fourth-order valence-electron chi connectivity index (χ4n) is 1.14. The highest BCUT2D eigenvalue weighted by atomic mass is 16.5. The molecule has 1 unspecified atom stereocenters. The van der Waals surface area contributed by atoms with E-state index in [9.17, 15) is 0 Å². The van der Waals surface area contributed by atoms with Crippen molar-refractivity contribution in [2.24, 2.45) is 5.92 Å². The van der Waals surface area contributed by atoms with Crippen molar-refractivity contribution in [3.05, 3.63) is 24.3 Å². The molecule has 1 aromatic heterocycles. The first kappa shape index (κ1) is 9.13. The number of nitrogens with zero attached hydrogens (tertiary/aromatic N) is 2. The SMILES string of the molecule is COCC(C)Cc1cnccn1. The summed E-state index contributed by atoms with van der Waals surface area (Å²) in [5.74, 6) is 0.506. The summed E-state index contributed by atoms with van der Waals surface area (Å²) in [4.78, 5) is 8.18. The van der Waals surface area contributed by atoms with E-state index in [1.54, 1.807) is 25.7 Å². The zero-order valence-corrected chi connectivity index (χ0v) is 7.53. The summed E-state index contributed by atoms with van der Waals surface area (Å²) in [6.45, 7) is 2.91. The summed E-state index contributed by atoms with van der Waals surface area (Å²) in [6, 6.07) is 0. The first-order valence-corrected chi connectivity index (χ1v) is 4.06. The van der Waals surface area contributed by atoms with Gasteiger partial charge in [-0.05, 0) is 12.3 Å². The van der Waals surface area contributed by atoms with Gasteiger partial charge in [-0.25, -0.2) is 0 Å². The average molecular weight is 166 g/mol. The van der Waals surface area contributed by atoms with Gasteiger partial charge in [0.15, 0.2) is 0 Å². The van der Waals surface area contributed by atoms with Gasteiger partial charge in [0.25, 0.3) is 0 Å². The minimum Gasteiger partial charge on any atom is -0.384 e. The summed E-state index contributed by atoms with van der Waals surface area (Å²) in [6.07, 6.45) is 6.13. The minimum atomic E-state index is 0.506. The van der Waals surface area contributed by atoms with Crippen LogP contribution < -0.4 is 0 Å². The van der Waals surface area contributed by atoms with Gasteiger partial charge in [-0.1, -0.05) is 6.92 Å². The van der Waals surface area contributed by atoms with Gasteiger partial charge in [0, 0.05) is 32.3 Å². The molecule has 0 aliphatic carbocycles. The number of rotatable bonds is 4. The van der Waals surface area contributed by atoms with E-state index in [4.69, 9.17) is 4.74 Å². The van der Waals surface area contributed by atoms with Gasteiger partial charge in [0.1, 0.15) is 0 Å². The molecule has 12 heavy (non-hydrogen) atoms. The molecule has 3 nitrogen and oxygen atoms in total. The molecule has 0 aromatic carbocycles. The third kappa shape index (κ3) is 2.96. The molecule has 0 amide bonds. The molecule has 1 atom stereocenters. The van der Waals surface area contributed by atoms with Crippen LogP contribution >= 0.6 is 0 Å². The Morgan fingerprint density at radius 2 is 2.33 bits per heavy atom. The summed E-state index contributed by atoms with van der Waals surface area (Å²) in [7, 11) is 1.72. The third-order valence-electron chi connectivity index (χ3n) is 1.63. The van der Waals surface area contributed by atoms with Gasteiger partial charge < -0.3 is 4.74 Å². The predicted octanol–water partition coefficient (Wildman–Crippen LogP) is 1.30. The van der Waals surface area contributed by atoms with Crippen molar-refractivity contribution in [2.75, 3.05) is 13.7 Å². The summed E-state index contributed by atoms with van der Waals surface area (Å²) in [5.41, 5.74) is 1.03. The average Bonchev–Trinajstić information content (AvgIpc) is 2.06. The van der Waals surface area contributed by atoms with Crippen molar-refractivity contribution in [3.63, 3.8) is 0 Å². The summed E-state index contributed by atoms with van der Waals surface area (Å²) >= 11 is 0. The van der Waals surface area contributed by atoms with E-state index in [2.05, 4.69) is 16.9 Å². The second kappa shape index (κ2) is 4.83. The highest BCUT2D eigenvalue weighted by Crippen LogP contribution is 2.03. The Labute approximate surface area is 72.8 Å². The molecule has 0 N–H and O–H groups in total. The maximum absolute atomic E-state index is 5.03. The Kier molecular flexibility index (Phi) is 3.67. The van der Waals surface area contributed by atoms with Crippen LogP contribution in [0.4, 0.5) is 0 Å². The highest BCUT2D eigenvalue weighted by molar-refractivity contribution is 4.95. The quantitative estimate of drug-likeness (QED) is 0.676. The summed E-state index contributed by atoms with van der Waals surface area (Å²) < 4.78 is 5.03. The largest absolute Gasteiger partial charge is 0.384 e. The van der Waals surface area contributed by atoms with Gasteiger partial charge in [-0.2, -0.15) is 0 Å². The van der Waals surface area contributed by atoms with Gasteiger partial charge in [-0.15, -0.1) is 0 Å². The molecule has 1 rings (SSSR count). The number of hydrogen-bond donors (Lipinski definition) is 0. The number of hydrogen-bond acceptors (Lipinski definition) is 3. The van der Waals surface area contributed by atoms with E-state index < -0.39 is 0 Å². The predicted molar refractivity (Wildman–Crippen MR) is 46.8 cm³/mol. The molecule has 0 radical (unpaired) electrons. The maximum Gasteiger partial charge on any atom is 0.0590 e. The zero-order valence-electron chi connectivity index (χ0n) is 7.53. The van der Waals surface area contributed by atoms with Crippen LogP contribution in [0.25, 0.3) is 0 Å². The van der Waals surface area contributed by atoms with Crippen LogP contribution in [0.3, 0.4) is 0 Å². The molecular formula is C9H14N2O. The molecule has 0 fully saturated rings. The minimum absolute atomic E-state index is 0.506. The fourth-order valence-corrected chi connectivity index (χ4v) is 1.14. The number of ether oxygens (including phenoxy) is 1. The molecule has 0 aliphatic rings. The van der Waals surface area contributed by atoms with Crippen molar-refractivity contribution in [1.82, 2.24) is 9.97 Å². The van der Waals surface area contributed by atoms with E-state index >= 15 is 0 Å². The van der Waals surface area contributed by atoms with Crippen LogP contribution in [0, 0.1) is 5.92 Å². The van der Waals surface area contributed by atoms with Crippen molar-refractivity contribution in [2.45, 2.75) is 13.3 Å². The first-order valence-electron chi connectivity index (χ1n) is 4.06. The van der Waals surface area contributed by atoms with Crippen molar-refractivity contribution in [3.8, 4) is 0 Å². The van der Waals surface area contributed by atoms with Gasteiger partial charge in [-0.3, -0.25) is 9.97 Å². The van der Waals surface area contributed by atoms with Crippen molar-refractivity contribution in [1.29, 1.82) is 0 Å². The van der Waals surface area contributed by atoms with Crippen LogP contribution in [0.5, 0.6) is 0 Å². The van der Waals surface area contributed by atoms with E-state index in [1.165, 1.54) is 0 Å². The lowest BCUT2D eigenvalue weighted by atomic mass is 10.1. The maximum atomic E-state index is 5.03. The Hall–Kier alpha value is -0.960. The van der Waals surface area contributed by atoms with Crippen LogP contribution in [0.1, 0.15) is 12.6 Å². The fraction of sp³-hybridized carbons (Fsp3) is 0.556. The normalized spacial score (nSPS) is 12.8. The highest BCUT2D eigenvalue weighted by Gasteiger charge is 2.03. The lowest BCUT2D eigenvalue weighted by molar-refractivity contribution is 0.159. The standard InChI is InChI=1S/C9H14N2O/c1-8(7-12-2)5-9-6-10-3-4-11-9/h3-4,6,8H,5,7H2,1-2H3. The summed E-state index contributed by atoms with van der Waals surface area (Å²) in [5, 5.41) is 0. The third-order valence-corrected chi connectivity index (χ3v) is 1.63. The molecule has 0 aliphatic heterocycles. The Morgan fingerprint density at radius 3 is 2.92 bits per heavy atom. The van der Waals surface area contributed by atoms with E-state index in [0.29, 0.717) is 5.92 Å². The van der Waals surface area contributed by atoms with Crippen LogP contribution in [-0.2, 0) is 11.2 Å². The molecule has 0 saturated heterocycles. The topological polar surface area (TPSA) is 35.0 Å². The first-order chi connectivity index (χ1) is 5.83. The second-order valence-corrected chi connectivity index (χ2v) is 2.96. The van der Waals surface area contributed by atoms with Crippen LogP contribution in [0.2, 0.25) is 0 Å². The van der Waals surface area contributed by atoms with E-state index in [-0.39, 0.29) is 0 Å². The van der Waals surface area contributed by atoms with Gasteiger partial charge >= 0.3 is 0 Å². The molecule has 0 spiro atoms. The van der Waals surface area contributed by atoms with Crippen LogP contribution in [-0.4, -0.2) is 23.7 Å². The Balaban J connectivity index is 2.41. The van der Waals surface area contributed by atoms with E-state index in [0.717, 1.165) is 18.7 Å². The molecule has 0 saturated carbocycles. The van der Waals surface area contributed by atoms with E-state index in [1.807, 2.05) is 0 Å². The smallest absolute Gasteiger partial charge is 0.0590 e. The molecule has 3 heteroatoms. The second-order valence-electron chi connectivity index (χ2n) is 2.96. The molecule has 66 valence electrons. The van der Waals surface area contributed by atoms with Crippen molar-refractivity contribution >= 4 is 0 Å². The van der Waals surface area contributed by atoms with Gasteiger partial charge in [0.2, 0.25) is 0 Å². The Bertz CT molecular complexity index is 213. The van der Waals surface area contributed by atoms with Crippen LogP contribution in [0.15, 0.2) is 18.6 Å². The number of methoxy groups -OCH3 is 1. The van der Waals surface area contributed by atoms with Gasteiger partial charge in [0.05, 0.1) is 5.69 Å².